The molecule has 0 amide bonds. The number of epoxide rings is 1. The third-order valence-electron chi connectivity index (χ3n) is 9.34. The summed E-state index contributed by atoms with van der Waals surface area (Å²) < 4.78 is 5.78. The third kappa shape index (κ3) is 5.66. The highest BCUT2D eigenvalue weighted by atomic mass is 16.6. The summed E-state index contributed by atoms with van der Waals surface area (Å²) in [6, 6.07) is 0. The molecule has 0 spiro atoms. The number of allylic oxidation sites excluding steroid dienone is 3. The van der Waals surface area contributed by atoms with Crippen molar-refractivity contribution in [3.05, 3.63) is 35.5 Å². The SMILES string of the molecule is C=C1/C(=C/C=C2\C[C@H]([C@H]3CO3)C[C@]3(C)[C@@H]([C@H](C)CCCC(C)(C)O)CC[C@@H]23)C[C@@H](O)C[C@@H]1O. The van der Waals surface area contributed by atoms with Gasteiger partial charge in [0.15, 0.2) is 0 Å². The van der Waals surface area contributed by atoms with Gasteiger partial charge in [0.2, 0.25) is 0 Å². The van der Waals surface area contributed by atoms with Gasteiger partial charge in [0.05, 0.1) is 30.5 Å². The van der Waals surface area contributed by atoms with Crippen molar-refractivity contribution in [2.45, 2.75) is 109 Å². The van der Waals surface area contributed by atoms with E-state index in [1.807, 2.05) is 13.8 Å². The number of fused-ring (bicyclic) bond motifs is 1. The van der Waals surface area contributed by atoms with Crippen LogP contribution < -0.4 is 0 Å². The normalized spacial score (nSPS) is 42.6. The molecule has 0 aromatic heterocycles. The van der Waals surface area contributed by atoms with Crippen LogP contribution in [0.15, 0.2) is 35.5 Å². The van der Waals surface area contributed by atoms with Crippen molar-refractivity contribution in [2.75, 3.05) is 6.61 Å². The van der Waals surface area contributed by atoms with E-state index in [0.29, 0.717) is 42.6 Å². The molecule has 4 fully saturated rings. The summed E-state index contributed by atoms with van der Waals surface area (Å²) in [7, 11) is 0. The van der Waals surface area contributed by atoms with Gasteiger partial charge >= 0.3 is 0 Å². The minimum Gasteiger partial charge on any atom is -0.393 e. The van der Waals surface area contributed by atoms with E-state index in [0.717, 1.165) is 37.0 Å². The molecule has 3 N–H and O–H groups in total. The van der Waals surface area contributed by atoms with Crippen molar-refractivity contribution >= 4 is 0 Å². The molecule has 4 heteroatoms. The fourth-order valence-electron chi connectivity index (χ4n) is 7.48. The Hall–Kier alpha value is -0.940. The van der Waals surface area contributed by atoms with Gasteiger partial charge in [0.1, 0.15) is 0 Å². The monoisotopic (exact) mass is 458 g/mol. The van der Waals surface area contributed by atoms with Crippen LogP contribution in [-0.2, 0) is 4.74 Å². The molecule has 4 rings (SSSR count). The first-order chi connectivity index (χ1) is 15.5. The van der Waals surface area contributed by atoms with Gasteiger partial charge in [-0.3, -0.25) is 0 Å². The Morgan fingerprint density at radius 3 is 2.61 bits per heavy atom. The fourth-order valence-corrected chi connectivity index (χ4v) is 7.48. The first-order valence-corrected chi connectivity index (χ1v) is 13.3. The van der Waals surface area contributed by atoms with Crippen LogP contribution in [0.2, 0.25) is 0 Å². The zero-order valence-electron chi connectivity index (χ0n) is 21.2. The maximum atomic E-state index is 10.2. The second-order valence-electron chi connectivity index (χ2n) is 12.5. The van der Waals surface area contributed by atoms with Gasteiger partial charge in [-0.25, -0.2) is 0 Å². The molecular formula is C29H46O4. The van der Waals surface area contributed by atoms with Crippen LogP contribution in [0.3, 0.4) is 0 Å². The van der Waals surface area contributed by atoms with Gasteiger partial charge in [-0.2, -0.15) is 0 Å². The molecule has 4 nitrogen and oxygen atoms in total. The van der Waals surface area contributed by atoms with E-state index in [1.54, 1.807) is 0 Å². The number of ether oxygens (including phenoxy) is 1. The van der Waals surface area contributed by atoms with Crippen LogP contribution in [0, 0.1) is 29.1 Å². The van der Waals surface area contributed by atoms with Crippen LogP contribution in [-0.4, -0.2) is 45.8 Å². The maximum absolute atomic E-state index is 10.2. The highest BCUT2D eigenvalue weighted by Gasteiger charge is 2.54. The quantitative estimate of drug-likeness (QED) is 0.451. The summed E-state index contributed by atoms with van der Waals surface area (Å²) in [5.41, 5.74) is 3.01. The number of rotatable bonds is 7. The van der Waals surface area contributed by atoms with Crippen molar-refractivity contribution in [3.63, 3.8) is 0 Å². The van der Waals surface area contributed by atoms with Crippen molar-refractivity contribution in [1.82, 2.24) is 0 Å². The highest BCUT2D eigenvalue weighted by Crippen LogP contribution is 2.62. The summed E-state index contributed by atoms with van der Waals surface area (Å²) in [6.07, 6.45) is 12.7. The predicted molar refractivity (Wildman–Crippen MR) is 133 cm³/mol. The maximum Gasteiger partial charge on any atom is 0.0841 e. The van der Waals surface area contributed by atoms with Gasteiger partial charge in [-0.15, -0.1) is 0 Å². The van der Waals surface area contributed by atoms with Crippen LogP contribution in [0.1, 0.15) is 85.5 Å². The van der Waals surface area contributed by atoms with Gasteiger partial charge in [-0.1, -0.05) is 51.0 Å². The molecule has 0 aromatic carbocycles. The second-order valence-corrected chi connectivity index (χ2v) is 12.5. The Labute approximate surface area is 200 Å². The number of hydrogen-bond acceptors (Lipinski definition) is 4. The zero-order chi connectivity index (χ0) is 24.0. The molecule has 1 saturated heterocycles. The molecule has 0 aromatic rings. The summed E-state index contributed by atoms with van der Waals surface area (Å²) in [6.45, 7) is 13.8. The molecule has 3 saturated carbocycles. The van der Waals surface area contributed by atoms with E-state index in [9.17, 15) is 15.3 Å². The van der Waals surface area contributed by atoms with Crippen molar-refractivity contribution < 1.29 is 20.1 Å². The molecule has 1 aliphatic heterocycles. The van der Waals surface area contributed by atoms with Crippen LogP contribution in [0.4, 0.5) is 0 Å². The van der Waals surface area contributed by atoms with E-state index >= 15 is 0 Å². The summed E-state index contributed by atoms with van der Waals surface area (Å²) in [4.78, 5) is 0. The third-order valence-corrected chi connectivity index (χ3v) is 9.34. The molecule has 33 heavy (non-hydrogen) atoms. The summed E-state index contributed by atoms with van der Waals surface area (Å²) in [5, 5.41) is 30.5. The lowest BCUT2D eigenvalue weighted by molar-refractivity contribution is 0.0479. The van der Waals surface area contributed by atoms with E-state index < -0.39 is 17.8 Å². The number of hydrogen-bond donors (Lipinski definition) is 3. The minimum absolute atomic E-state index is 0.288. The zero-order valence-corrected chi connectivity index (χ0v) is 21.2. The molecule has 1 heterocycles. The Bertz CT molecular complexity index is 786. The van der Waals surface area contributed by atoms with E-state index in [-0.39, 0.29) is 5.41 Å². The van der Waals surface area contributed by atoms with Crippen molar-refractivity contribution in [1.29, 1.82) is 0 Å². The average Bonchev–Trinajstić information content (AvgIpc) is 3.50. The first-order valence-electron chi connectivity index (χ1n) is 13.3. The van der Waals surface area contributed by atoms with E-state index in [1.165, 1.54) is 31.3 Å². The molecule has 8 atom stereocenters. The first kappa shape index (κ1) is 25.2. The molecule has 0 unspecified atom stereocenters. The molecular weight excluding hydrogens is 412 g/mol. The average molecular weight is 459 g/mol. The lowest BCUT2D eigenvalue weighted by atomic mass is 9.57. The smallest absolute Gasteiger partial charge is 0.0841 e. The molecule has 4 aliphatic rings. The van der Waals surface area contributed by atoms with Crippen LogP contribution in [0.5, 0.6) is 0 Å². The standard InChI is InChI=1S/C29H46O4/c1-18(7-6-12-28(3,4)32)24-10-11-25-21(13-22(27-17-33-27)16-29(24,25)5)9-8-20-14-23(30)15-26(31)19(20)2/h8-9,18,22-27,30-32H,2,6-7,10-17H2,1,3-5H3/b20-8+,21-9+/t18-,22+,23-,24-,25+,26+,27-,29-/m1/s1. The van der Waals surface area contributed by atoms with Crippen molar-refractivity contribution in [2.24, 2.45) is 29.1 Å². The number of aliphatic hydroxyl groups is 3. The van der Waals surface area contributed by atoms with E-state index in [2.05, 4.69) is 32.6 Å². The summed E-state index contributed by atoms with van der Waals surface area (Å²) in [5.74, 6) is 2.54. The largest absolute Gasteiger partial charge is 0.393 e. The van der Waals surface area contributed by atoms with E-state index in [4.69, 9.17) is 4.74 Å². The van der Waals surface area contributed by atoms with Crippen LogP contribution in [0.25, 0.3) is 0 Å². The van der Waals surface area contributed by atoms with Crippen molar-refractivity contribution in [3.8, 4) is 0 Å². The topological polar surface area (TPSA) is 73.2 Å². The Kier molecular flexibility index (Phi) is 7.32. The lowest BCUT2D eigenvalue weighted by Gasteiger charge is -2.47. The molecule has 3 aliphatic carbocycles. The highest BCUT2D eigenvalue weighted by molar-refractivity contribution is 5.39. The van der Waals surface area contributed by atoms with Gasteiger partial charge in [0.25, 0.3) is 0 Å². The second kappa shape index (κ2) is 9.60. The predicted octanol–water partition coefficient (Wildman–Crippen LogP) is 5.33. The van der Waals surface area contributed by atoms with Gasteiger partial charge < -0.3 is 20.1 Å². The Morgan fingerprint density at radius 1 is 1.21 bits per heavy atom. The van der Waals surface area contributed by atoms with Crippen LogP contribution >= 0.6 is 0 Å². The fraction of sp³-hybridized carbons (Fsp3) is 0.793. The lowest BCUT2D eigenvalue weighted by Crippen LogP contribution is -2.40. The summed E-state index contributed by atoms with van der Waals surface area (Å²) >= 11 is 0. The molecule has 186 valence electrons. The Balaban J connectivity index is 1.53. The van der Waals surface area contributed by atoms with Gasteiger partial charge in [0, 0.05) is 6.42 Å². The molecule has 0 bridgehead atoms. The number of aliphatic hydroxyl groups excluding tert-OH is 2. The minimum atomic E-state index is -0.636. The Morgan fingerprint density at radius 2 is 1.94 bits per heavy atom. The molecule has 0 radical (unpaired) electrons. The van der Waals surface area contributed by atoms with Gasteiger partial charge in [-0.05, 0) is 92.6 Å².